The maximum absolute atomic E-state index is 5.54. The van der Waals surface area contributed by atoms with Gasteiger partial charge in [0, 0.05) is 19.0 Å². The minimum absolute atomic E-state index is 0.655. The Morgan fingerprint density at radius 1 is 1.37 bits per heavy atom. The summed E-state index contributed by atoms with van der Waals surface area (Å²) in [6.45, 7) is 6.50. The van der Waals surface area contributed by atoms with Gasteiger partial charge in [0.1, 0.15) is 5.75 Å². The molecule has 2 heterocycles. The topological polar surface area (TPSA) is 33.3 Å². The van der Waals surface area contributed by atoms with Crippen molar-refractivity contribution in [2.45, 2.75) is 32.2 Å². The van der Waals surface area contributed by atoms with E-state index in [1.165, 1.54) is 24.1 Å². The van der Waals surface area contributed by atoms with Crippen molar-refractivity contribution >= 4 is 0 Å². The van der Waals surface area contributed by atoms with E-state index in [1.807, 2.05) is 0 Å². The number of hydrogen-bond donors (Lipinski definition) is 2. The van der Waals surface area contributed by atoms with Crippen molar-refractivity contribution in [1.82, 2.24) is 10.6 Å². The lowest BCUT2D eigenvalue weighted by molar-refractivity contribution is 0.357. The summed E-state index contributed by atoms with van der Waals surface area (Å²) in [5, 5.41) is 7.18. The first kappa shape index (κ1) is 12.9. The van der Waals surface area contributed by atoms with Crippen molar-refractivity contribution in [1.29, 1.82) is 0 Å². The minimum atomic E-state index is 0.655. The molecule has 1 fully saturated rings. The fraction of sp³-hybridized carbons (Fsp3) is 0.625. The summed E-state index contributed by atoms with van der Waals surface area (Å²) in [5.74, 6) is 1.89. The lowest BCUT2D eigenvalue weighted by atomic mass is 10.0. The molecule has 1 saturated heterocycles. The van der Waals surface area contributed by atoms with Gasteiger partial charge in [0.05, 0.1) is 6.61 Å². The van der Waals surface area contributed by atoms with Gasteiger partial charge < -0.3 is 15.4 Å². The Hall–Kier alpha value is -1.06. The zero-order chi connectivity index (χ0) is 13.1. The third-order valence-corrected chi connectivity index (χ3v) is 4.44. The summed E-state index contributed by atoms with van der Waals surface area (Å²) in [7, 11) is 0. The number of rotatable bonds is 5. The zero-order valence-electron chi connectivity index (χ0n) is 11.7. The third kappa shape index (κ3) is 2.93. The van der Waals surface area contributed by atoms with E-state index in [1.54, 1.807) is 0 Å². The lowest BCUT2D eigenvalue weighted by Crippen LogP contribution is -2.37. The van der Waals surface area contributed by atoms with Gasteiger partial charge in [0.2, 0.25) is 0 Å². The number of hydrogen-bond acceptors (Lipinski definition) is 3. The summed E-state index contributed by atoms with van der Waals surface area (Å²) >= 11 is 0. The fourth-order valence-corrected chi connectivity index (χ4v) is 3.20. The highest BCUT2D eigenvalue weighted by Crippen LogP contribution is 2.25. The van der Waals surface area contributed by atoms with Crippen LogP contribution in [0.15, 0.2) is 18.2 Å². The molecule has 1 aromatic carbocycles. The molecule has 2 aliphatic rings. The Morgan fingerprint density at radius 2 is 2.32 bits per heavy atom. The Kier molecular flexibility index (Phi) is 4.04. The highest BCUT2D eigenvalue weighted by atomic mass is 16.5. The van der Waals surface area contributed by atoms with Crippen molar-refractivity contribution in [3.63, 3.8) is 0 Å². The Balaban J connectivity index is 1.50. The molecule has 0 aliphatic carbocycles. The van der Waals surface area contributed by atoms with Crippen LogP contribution in [0.25, 0.3) is 0 Å². The van der Waals surface area contributed by atoms with Gasteiger partial charge in [-0.2, -0.15) is 0 Å². The summed E-state index contributed by atoms with van der Waals surface area (Å²) in [5.41, 5.74) is 2.81. The minimum Gasteiger partial charge on any atom is -0.493 e. The molecule has 0 aromatic heterocycles. The van der Waals surface area contributed by atoms with Gasteiger partial charge in [-0.1, -0.05) is 25.5 Å². The van der Waals surface area contributed by atoms with Crippen molar-refractivity contribution in [2.24, 2.45) is 5.92 Å². The molecule has 0 amide bonds. The Morgan fingerprint density at radius 3 is 3.21 bits per heavy atom. The van der Waals surface area contributed by atoms with Gasteiger partial charge in [-0.15, -0.1) is 0 Å². The zero-order valence-corrected chi connectivity index (χ0v) is 11.7. The first-order valence-corrected chi connectivity index (χ1v) is 7.55. The standard InChI is InChI=1S/C16H24N2O/c1-2-13-10-17-11-15(13)18-7-5-12-3-4-16-14(9-12)6-8-19-16/h3-4,9,13,15,17-18H,2,5-8,10-11H2,1H3/t13-,15+/m1/s1. The monoisotopic (exact) mass is 260 g/mol. The quantitative estimate of drug-likeness (QED) is 0.846. The van der Waals surface area contributed by atoms with Crippen LogP contribution < -0.4 is 15.4 Å². The predicted molar refractivity (Wildman–Crippen MR) is 77.8 cm³/mol. The molecule has 0 saturated carbocycles. The molecule has 0 radical (unpaired) electrons. The summed E-state index contributed by atoms with van der Waals surface area (Å²) in [6.07, 6.45) is 3.45. The van der Waals surface area contributed by atoms with Crippen LogP contribution in [0, 0.1) is 5.92 Å². The van der Waals surface area contributed by atoms with Crippen LogP contribution in [0.2, 0.25) is 0 Å². The first-order valence-electron chi connectivity index (χ1n) is 7.55. The largest absolute Gasteiger partial charge is 0.493 e. The number of ether oxygens (including phenoxy) is 1. The van der Waals surface area contributed by atoms with E-state index < -0.39 is 0 Å². The van der Waals surface area contributed by atoms with Crippen molar-refractivity contribution in [3.05, 3.63) is 29.3 Å². The van der Waals surface area contributed by atoms with Crippen LogP contribution in [-0.4, -0.2) is 32.3 Å². The van der Waals surface area contributed by atoms with E-state index >= 15 is 0 Å². The smallest absolute Gasteiger partial charge is 0.122 e. The molecule has 2 atom stereocenters. The maximum Gasteiger partial charge on any atom is 0.122 e. The van der Waals surface area contributed by atoms with Gasteiger partial charge in [-0.05, 0) is 42.6 Å². The van der Waals surface area contributed by atoms with Gasteiger partial charge >= 0.3 is 0 Å². The second kappa shape index (κ2) is 5.93. The Bertz CT molecular complexity index is 433. The highest BCUT2D eigenvalue weighted by molar-refractivity contribution is 5.39. The third-order valence-electron chi connectivity index (χ3n) is 4.44. The van der Waals surface area contributed by atoms with E-state index in [2.05, 4.69) is 35.8 Å². The molecule has 2 aliphatic heterocycles. The van der Waals surface area contributed by atoms with Crippen LogP contribution in [-0.2, 0) is 12.8 Å². The molecular formula is C16H24N2O. The van der Waals surface area contributed by atoms with Crippen molar-refractivity contribution in [2.75, 3.05) is 26.2 Å². The van der Waals surface area contributed by atoms with Gasteiger partial charge in [-0.25, -0.2) is 0 Å². The van der Waals surface area contributed by atoms with E-state index in [-0.39, 0.29) is 0 Å². The SMILES string of the molecule is CC[C@@H]1CNC[C@@H]1NCCc1ccc2c(c1)CCO2. The predicted octanol–water partition coefficient (Wildman–Crippen LogP) is 1.75. The molecule has 3 heteroatoms. The van der Waals surface area contributed by atoms with Crippen LogP contribution in [0.5, 0.6) is 5.75 Å². The first-order chi connectivity index (χ1) is 9.36. The highest BCUT2D eigenvalue weighted by Gasteiger charge is 2.24. The second-order valence-corrected chi connectivity index (χ2v) is 5.68. The molecule has 0 spiro atoms. The average Bonchev–Trinajstić information content (AvgIpc) is 3.06. The van der Waals surface area contributed by atoms with Crippen LogP contribution in [0.1, 0.15) is 24.5 Å². The number of fused-ring (bicyclic) bond motifs is 1. The summed E-state index contributed by atoms with van der Waals surface area (Å²) in [4.78, 5) is 0. The molecule has 2 N–H and O–H groups in total. The van der Waals surface area contributed by atoms with E-state index in [0.717, 1.165) is 44.2 Å². The average molecular weight is 260 g/mol. The van der Waals surface area contributed by atoms with Crippen molar-refractivity contribution in [3.8, 4) is 5.75 Å². The van der Waals surface area contributed by atoms with Gasteiger partial charge in [0.25, 0.3) is 0 Å². The van der Waals surface area contributed by atoms with Crippen LogP contribution >= 0.6 is 0 Å². The molecular weight excluding hydrogens is 236 g/mol. The van der Waals surface area contributed by atoms with Gasteiger partial charge in [-0.3, -0.25) is 0 Å². The molecule has 0 unspecified atom stereocenters. The molecule has 104 valence electrons. The van der Waals surface area contributed by atoms with E-state index in [9.17, 15) is 0 Å². The van der Waals surface area contributed by atoms with Crippen LogP contribution in [0.4, 0.5) is 0 Å². The normalized spacial score (nSPS) is 25.3. The Labute approximate surface area is 115 Å². The van der Waals surface area contributed by atoms with Crippen LogP contribution in [0.3, 0.4) is 0 Å². The fourth-order valence-electron chi connectivity index (χ4n) is 3.20. The van der Waals surface area contributed by atoms with Crippen molar-refractivity contribution < 1.29 is 4.74 Å². The number of nitrogens with one attached hydrogen (secondary N) is 2. The second-order valence-electron chi connectivity index (χ2n) is 5.68. The molecule has 0 bridgehead atoms. The molecule has 19 heavy (non-hydrogen) atoms. The summed E-state index contributed by atoms with van der Waals surface area (Å²) < 4.78 is 5.54. The van der Waals surface area contributed by atoms with E-state index in [0.29, 0.717) is 6.04 Å². The maximum atomic E-state index is 5.54. The van der Waals surface area contributed by atoms with E-state index in [4.69, 9.17) is 4.74 Å². The molecule has 3 rings (SSSR count). The summed E-state index contributed by atoms with van der Waals surface area (Å²) in [6, 6.07) is 7.30. The molecule has 1 aromatic rings. The molecule has 3 nitrogen and oxygen atoms in total. The number of benzene rings is 1. The van der Waals surface area contributed by atoms with Gasteiger partial charge in [0.15, 0.2) is 0 Å². The lowest BCUT2D eigenvalue weighted by Gasteiger charge is -2.18.